The third-order valence-electron chi connectivity index (χ3n) is 3.64. The summed E-state index contributed by atoms with van der Waals surface area (Å²) in [7, 11) is 0. The van der Waals surface area contributed by atoms with Crippen molar-refractivity contribution in [2.45, 2.75) is 19.8 Å². The average molecular weight is 283 g/mol. The van der Waals surface area contributed by atoms with E-state index in [1.54, 1.807) is 0 Å². The van der Waals surface area contributed by atoms with Crippen molar-refractivity contribution in [2.24, 2.45) is 0 Å². The highest BCUT2D eigenvalue weighted by atomic mass is 16.6. The minimum atomic E-state index is 0.622. The van der Waals surface area contributed by atoms with E-state index >= 15 is 0 Å². The summed E-state index contributed by atoms with van der Waals surface area (Å²) >= 11 is 0. The van der Waals surface area contributed by atoms with Crippen LogP contribution in [0, 0.1) is 0 Å². The summed E-state index contributed by atoms with van der Waals surface area (Å²) in [4.78, 5) is 2.34. The van der Waals surface area contributed by atoms with Crippen LogP contribution in [-0.4, -0.2) is 19.8 Å². The first-order chi connectivity index (χ1) is 10.4. The Bertz CT molecular complexity index is 583. The highest BCUT2D eigenvalue weighted by Gasteiger charge is 2.15. The van der Waals surface area contributed by atoms with Crippen LogP contribution in [0.25, 0.3) is 0 Å². The maximum atomic E-state index is 5.70. The van der Waals surface area contributed by atoms with Crippen molar-refractivity contribution in [3.8, 4) is 11.5 Å². The summed E-state index contributed by atoms with van der Waals surface area (Å²) < 4.78 is 11.3. The molecule has 2 aromatic rings. The number of hydrogen-bond acceptors (Lipinski definition) is 3. The van der Waals surface area contributed by atoms with Crippen molar-refractivity contribution in [3.05, 3.63) is 48.5 Å². The van der Waals surface area contributed by atoms with Crippen molar-refractivity contribution >= 4 is 11.4 Å². The molecule has 3 nitrogen and oxygen atoms in total. The van der Waals surface area contributed by atoms with Gasteiger partial charge in [-0.1, -0.05) is 31.5 Å². The summed E-state index contributed by atoms with van der Waals surface area (Å²) in [6.45, 7) is 4.47. The van der Waals surface area contributed by atoms with E-state index in [1.807, 2.05) is 12.1 Å². The van der Waals surface area contributed by atoms with Gasteiger partial charge in [-0.2, -0.15) is 0 Å². The number of benzene rings is 2. The molecule has 1 aliphatic rings. The van der Waals surface area contributed by atoms with Gasteiger partial charge in [0.1, 0.15) is 13.2 Å². The molecule has 0 N–H and O–H groups in total. The molecule has 0 aromatic heterocycles. The first-order valence-electron chi connectivity index (χ1n) is 7.60. The summed E-state index contributed by atoms with van der Waals surface area (Å²) in [6, 6.07) is 16.7. The number of anilines is 2. The van der Waals surface area contributed by atoms with Crippen molar-refractivity contribution < 1.29 is 9.47 Å². The molecule has 0 unspecified atom stereocenters. The number of fused-ring (bicyclic) bond motifs is 1. The van der Waals surface area contributed by atoms with Crippen molar-refractivity contribution in [1.82, 2.24) is 0 Å². The van der Waals surface area contributed by atoms with Crippen LogP contribution < -0.4 is 14.4 Å². The molecule has 0 saturated heterocycles. The maximum Gasteiger partial charge on any atom is 0.163 e. The molecule has 0 saturated carbocycles. The van der Waals surface area contributed by atoms with E-state index in [9.17, 15) is 0 Å². The van der Waals surface area contributed by atoms with Crippen molar-refractivity contribution in [1.29, 1.82) is 0 Å². The molecule has 0 atom stereocenters. The highest BCUT2D eigenvalue weighted by Crippen LogP contribution is 2.36. The topological polar surface area (TPSA) is 21.7 Å². The Morgan fingerprint density at radius 3 is 2.43 bits per heavy atom. The molecule has 1 heterocycles. The van der Waals surface area contributed by atoms with E-state index in [2.05, 4.69) is 48.2 Å². The molecule has 0 spiro atoms. The summed E-state index contributed by atoms with van der Waals surface area (Å²) in [5, 5.41) is 0. The van der Waals surface area contributed by atoms with Gasteiger partial charge in [0, 0.05) is 24.0 Å². The van der Waals surface area contributed by atoms with Crippen molar-refractivity contribution in [2.75, 3.05) is 24.7 Å². The second-order valence-corrected chi connectivity index (χ2v) is 5.17. The summed E-state index contributed by atoms with van der Waals surface area (Å²) in [5.74, 6) is 1.68. The molecule has 0 amide bonds. The van der Waals surface area contributed by atoms with Crippen LogP contribution in [-0.2, 0) is 0 Å². The molecular formula is C18H21NO2. The number of para-hydroxylation sites is 1. The standard InChI is InChI=1S/C18H21NO2/c1-2-3-11-19(15-7-5-4-6-8-15)16-9-10-17-18(14-16)21-13-12-20-17/h4-10,14H,2-3,11-13H2,1H3. The van der Waals surface area contributed by atoms with Gasteiger partial charge in [-0.3, -0.25) is 0 Å². The number of hydrogen-bond donors (Lipinski definition) is 0. The minimum absolute atomic E-state index is 0.622. The molecule has 110 valence electrons. The average Bonchev–Trinajstić information content (AvgIpc) is 2.56. The van der Waals surface area contributed by atoms with Crippen molar-refractivity contribution in [3.63, 3.8) is 0 Å². The fourth-order valence-electron chi connectivity index (χ4n) is 2.53. The molecule has 2 aromatic carbocycles. The third-order valence-corrected chi connectivity index (χ3v) is 3.64. The second kappa shape index (κ2) is 6.53. The minimum Gasteiger partial charge on any atom is -0.486 e. The number of unbranched alkanes of at least 4 members (excludes halogenated alkanes) is 1. The number of ether oxygens (including phenoxy) is 2. The largest absolute Gasteiger partial charge is 0.486 e. The number of nitrogens with zero attached hydrogens (tertiary/aromatic N) is 1. The van der Waals surface area contributed by atoms with Crippen LogP contribution in [0.4, 0.5) is 11.4 Å². The van der Waals surface area contributed by atoms with E-state index in [4.69, 9.17) is 9.47 Å². The SMILES string of the molecule is CCCCN(c1ccccc1)c1ccc2c(c1)OCCO2. The summed E-state index contributed by atoms with van der Waals surface area (Å²) in [5.41, 5.74) is 2.36. The third kappa shape index (κ3) is 3.13. The van der Waals surface area contributed by atoms with Crippen LogP contribution in [0.1, 0.15) is 19.8 Å². The first kappa shape index (κ1) is 13.8. The number of rotatable bonds is 5. The smallest absolute Gasteiger partial charge is 0.163 e. The molecule has 3 rings (SSSR count). The van der Waals surface area contributed by atoms with Crippen LogP contribution >= 0.6 is 0 Å². The maximum absolute atomic E-state index is 5.70. The Kier molecular flexibility index (Phi) is 4.29. The highest BCUT2D eigenvalue weighted by molar-refractivity contribution is 5.66. The fraction of sp³-hybridized carbons (Fsp3) is 0.333. The van der Waals surface area contributed by atoms with Gasteiger partial charge in [0.15, 0.2) is 11.5 Å². The predicted octanol–water partition coefficient (Wildman–Crippen LogP) is 4.40. The van der Waals surface area contributed by atoms with Gasteiger partial charge in [0.25, 0.3) is 0 Å². The van der Waals surface area contributed by atoms with Crippen LogP contribution in [0.5, 0.6) is 11.5 Å². The lowest BCUT2D eigenvalue weighted by Gasteiger charge is -2.27. The van der Waals surface area contributed by atoms with Gasteiger partial charge >= 0.3 is 0 Å². The lowest BCUT2D eigenvalue weighted by atomic mass is 10.2. The van der Waals surface area contributed by atoms with Crippen LogP contribution in [0.15, 0.2) is 48.5 Å². The molecule has 3 heteroatoms. The molecular weight excluding hydrogens is 262 g/mol. The normalized spacial score (nSPS) is 13.0. The van der Waals surface area contributed by atoms with Gasteiger partial charge in [0.2, 0.25) is 0 Å². The zero-order chi connectivity index (χ0) is 14.5. The molecule has 0 radical (unpaired) electrons. The van der Waals surface area contributed by atoms with Crippen LogP contribution in [0.3, 0.4) is 0 Å². The van der Waals surface area contributed by atoms with E-state index in [0.29, 0.717) is 13.2 Å². The van der Waals surface area contributed by atoms with E-state index in [1.165, 1.54) is 12.1 Å². The molecule has 0 bridgehead atoms. The van der Waals surface area contributed by atoms with E-state index in [-0.39, 0.29) is 0 Å². The molecule has 0 fully saturated rings. The molecule has 0 aliphatic carbocycles. The zero-order valence-electron chi connectivity index (χ0n) is 12.4. The predicted molar refractivity (Wildman–Crippen MR) is 85.8 cm³/mol. The van der Waals surface area contributed by atoms with Gasteiger partial charge in [-0.25, -0.2) is 0 Å². The Labute approximate surface area is 126 Å². The lowest BCUT2D eigenvalue weighted by molar-refractivity contribution is 0.171. The van der Waals surface area contributed by atoms with E-state index < -0.39 is 0 Å². The van der Waals surface area contributed by atoms with Gasteiger partial charge < -0.3 is 14.4 Å². The van der Waals surface area contributed by atoms with Crippen LogP contribution in [0.2, 0.25) is 0 Å². The van der Waals surface area contributed by atoms with Gasteiger partial charge in [0.05, 0.1) is 0 Å². The monoisotopic (exact) mass is 283 g/mol. The second-order valence-electron chi connectivity index (χ2n) is 5.17. The van der Waals surface area contributed by atoms with E-state index in [0.717, 1.165) is 30.2 Å². The molecule has 1 aliphatic heterocycles. The molecule has 21 heavy (non-hydrogen) atoms. The fourth-order valence-corrected chi connectivity index (χ4v) is 2.53. The Morgan fingerprint density at radius 2 is 1.67 bits per heavy atom. The quantitative estimate of drug-likeness (QED) is 0.812. The Balaban J connectivity index is 1.92. The summed E-state index contributed by atoms with van der Waals surface area (Å²) in [6.07, 6.45) is 2.33. The Morgan fingerprint density at radius 1 is 0.905 bits per heavy atom. The van der Waals surface area contributed by atoms with Gasteiger partial charge in [-0.05, 0) is 30.7 Å². The lowest BCUT2D eigenvalue weighted by Crippen LogP contribution is -2.20. The first-order valence-corrected chi connectivity index (χ1v) is 7.60. The Hall–Kier alpha value is -2.16. The zero-order valence-corrected chi connectivity index (χ0v) is 12.4. The van der Waals surface area contributed by atoms with Gasteiger partial charge in [-0.15, -0.1) is 0 Å².